The highest BCUT2D eigenvalue weighted by molar-refractivity contribution is 5.96. The van der Waals surface area contributed by atoms with Gasteiger partial charge in [0.15, 0.2) is 5.69 Å². The van der Waals surface area contributed by atoms with E-state index in [-0.39, 0.29) is 17.3 Å². The summed E-state index contributed by atoms with van der Waals surface area (Å²) in [6.07, 6.45) is 0. The molecule has 2 aromatic rings. The molecule has 0 aliphatic heterocycles. The van der Waals surface area contributed by atoms with Gasteiger partial charge in [-0.15, -0.1) is 0 Å². The third-order valence-electron chi connectivity index (χ3n) is 2.45. The van der Waals surface area contributed by atoms with Crippen molar-refractivity contribution in [2.45, 2.75) is 0 Å². The maximum Gasteiger partial charge on any atom is 0.270 e. The molecule has 16 heavy (non-hydrogen) atoms. The molecule has 0 saturated carbocycles. The Bertz CT molecular complexity index is 602. The van der Waals surface area contributed by atoms with Crippen LogP contribution in [0.3, 0.4) is 0 Å². The van der Waals surface area contributed by atoms with Gasteiger partial charge in [-0.1, -0.05) is 0 Å². The fraction of sp³-hybridized carbons (Fsp3) is 0.111. The number of benzene rings is 1. The molecule has 0 radical (unpaired) electrons. The van der Waals surface area contributed by atoms with Crippen molar-refractivity contribution in [1.29, 1.82) is 5.53 Å². The van der Waals surface area contributed by atoms with Gasteiger partial charge < -0.3 is 9.67 Å². The van der Waals surface area contributed by atoms with Crippen LogP contribution in [0.25, 0.3) is 10.9 Å². The second-order valence-electron chi connectivity index (χ2n) is 3.30. The van der Waals surface area contributed by atoms with Crippen molar-refractivity contribution in [2.75, 3.05) is 0 Å². The molecule has 0 unspecified atom stereocenters. The number of rotatable bonds is 2. The molecule has 0 bridgehead atoms. The number of aromatic nitrogens is 1. The van der Waals surface area contributed by atoms with Gasteiger partial charge in [0.2, 0.25) is 5.88 Å². The number of non-ortho nitro benzene ring substituents is 1. The van der Waals surface area contributed by atoms with Gasteiger partial charge in [0.25, 0.3) is 5.69 Å². The number of nitro benzene ring substituents is 1. The van der Waals surface area contributed by atoms with Crippen LogP contribution in [0.15, 0.2) is 23.3 Å². The summed E-state index contributed by atoms with van der Waals surface area (Å²) < 4.78 is 1.42. The number of hydrogen-bond acceptors (Lipinski definition) is 5. The molecule has 0 saturated heterocycles. The molecule has 7 heteroatoms. The predicted octanol–water partition coefficient (Wildman–Crippen LogP) is 2.45. The van der Waals surface area contributed by atoms with Gasteiger partial charge >= 0.3 is 0 Å². The molecule has 1 aromatic carbocycles. The van der Waals surface area contributed by atoms with Crippen LogP contribution in [0.4, 0.5) is 11.4 Å². The summed E-state index contributed by atoms with van der Waals surface area (Å²) in [7, 11) is 1.60. The first-order valence-electron chi connectivity index (χ1n) is 4.39. The first kappa shape index (κ1) is 10.1. The highest BCUT2D eigenvalue weighted by Crippen LogP contribution is 2.38. The van der Waals surface area contributed by atoms with E-state index in [9.17, 15) is 15.2 Å². The molecule has 1 aromatic heterocycles. The Hall–Kier alpha value is -2.44. The minimum Gasteiger partial charge on any atom is -0.493 e. The average Bonchev–Trinajstić information content (AvgIpc) is 2.51. The number of aryl methyl sites for hydroxylation is 1. The molecular formula is C9H8N4O3. The van der Waals surface area contributed by atoms with E-state index < -0.39 is 4.92 Å². The van der Waals surface area contributed by atoms with Crippen LogP contribution in [-0.4, -0.2) is 14.6 Å². The standard InChI is InChI=1S/C9H8N4O3/c1-12-7-3-2-5(13(15)16)4-6(7)8(11-10)9(12)14/h2-4,10,14H,1H3. The molecule has 0 amide bonds. The molecule has 1 heterocycles. The smallest absolute Gasteiger partial charge is 0.270 e. The fourth-order valence-corrected chi connectivity index (χ4v) is 1.62. The van der Waals surface area contributed by atoms with Crippen molar-refractivity contribution in [3.8, 4) is 5.88 Å². The van der Waals surface area contributed by atoms with E-state index in [1.807, 2.05) is 0 Å². The largest absolute Gasteiger partial charge is 0.493 e. The third-order valence-corrected chi connectivity index (χ3v) is 2.45. The summed E-state index contributed by atoms with van der Waals surface area (Å²) in [5, 5.41) is 23.8. The zero-order valence-electron chi connectivity index (χ0n) is 8.34. The predicted molar refractivity (Wildman–Crippen MR) is 56.0 cm³/mol. The van der Waals surface area contributed by atoms with Crippen LogP contribution in [0.5, 0.6) is 5.88 Å². The van der Waals surface area contributed by atoms with Crippen molar-refractivity contribution in [1.82, 2.24) is 4.57 Å². The number of nitro groups is 1. The topological polar surface area (TPSA) is 105 Å². The second-order valence-corrected chi connectivity index (χ2v) is 3.30. The lowest BCUT2D eigenvalue weighted by Crippen LogP contribution is -1.88. The van der Waals surface area contributed by atoms with Crippen LogP contribution in [0, 0.1) is 15.6 Å². The van der Waals surface area contributed by atoms with Gasteiger partial charge in [-0.3, -0.25) is 10.1 Å². The maximum absolute atomic E-state index is 10.6. The third kappa shape index (κ3) is 1.22. The highest BCUT2D eigenvalue weighted by atomic mass is 16.6. The molecule has 0 aliphatic rings. The lowest BCUT2D eigenvalue weighted by atomic mass is 10.2. The summed E-state index contributed by atoms with van der Waals surface area (Å²) in [5.41, 5.74) is 7.48. The van der Waals surface area contributed by atoms with E-state index in [2.05, 4.69) is 5.11 Å². The number of fused-ring (bicyclic) bond motifs is 1. The van der Waals surface area contributed by atoms with Gasteiger partial charge in [-0.25, -0.2) is 5.53 Å². The lowest BCUT2D eigenvalue weighted by molar-refractivity contribution is -0.384. The van der Waals surface area contributed by atoms with Crippen molar-refractivity contribution >= 4 is 22.3 Å². The van der Waals surface area contributed by atoms with E-state index in [0.29, 0.717) is 10.9 Å². The molecule has 0 atom stereocenters. The second kappa shape index (κ2) is 3.30. The van der Waals surface area contributed by atoms with Gasteiger partial charge in [-0.2, -0.15) is 5.11 Å². The minimum absolute atomic E-state index is 0.0428. The van der Waals surface area contributed by atoms with Crippen LogP contribution in [-0.2, 0) is 7.05 Å². The van der Waals surface area contributed by atoms with Crippen LogP contribution in [0.1, 0.15) is 0 Å². The number of aromatic hydroxyl groups is 1. The van der Waals surface area contributed by atoms with E-state index >= 15 is 0 Å². The monoisotopic (exact) mass is 220 g/mol. The highest BCUT2D eigenvalue weighted by Gasteiger charge is 2.17. The summed E-state index contributed by atoms with van der Waals surface area (Å²) in [5.74, 6) is -0.175. The Labute approximate surface area is 89.6 Å². The van der Waals surface area contributed by atoms with Crippen molar-refractivity contribution in [3.05, 3.63) is 28.3 Å². The first-order valence-corrected chi connectivity index (χ1v) is 4.39. The van der Waals surface area contributed by atoms with Crippen LogP contribution >= 0.6 is 0 Å². The zero-order valence-corrected chi connectivity index (χ0v) is 8.34. The molecule has 7 nitrogen and oxygen atoms in total. The Morgan fingerprint density at radius 1 is 1.56 bits per heavy atom. The Morgan fingerprint density at radius 3 is 2.81 bits per heavy atom. The van der Waals surface area contributed by atoms with E-state index in [4.69, 9.17) is 5.53 Å². The van der Waals surface area contributed by atoms with Crippen molar-refractivity contribution in [3.63, 3.8) is 0 Å². The number of nitrogens with one attached hydrogen (secondary N) is 1. The molecule has 2 N–H and O–H groups in total. The molecular weight excluding hydrogens is 212 g/mol. The summed E-state index contributed by atoms with van der Waals surface area (Å²) in [6, 6.07) is 4.15. The van der Waals surface area contributed by atoms with Gasteiger partial charge in [0, 0.05) is 24.6 Å². The fourth-order valence-electron chi connectivity index (χ4n) is 1.62. The Morgan fingerprint density at radius 2 is 2.25 bits per heavy atom. The van der Waals surface area contributed by atoms with Crippen LogP contribution in [0.2, 0.25) is 0 Å². The molecule has 0 spiro atoms. The SMILES string of the molecule is Cn1c(O)c(N=N)c2cc([N+](=O)[O-])ccc21. The maximum atomic E-state index is 10.6. The van der Waals surface area contributed by atoms with Gasteiger partial charge in [0.05, 0.1) is 10.4 Å². The zero-order chi connectivity index (χ0) is 11.9. The molecule has 82 valence electrons. The normalized spacial score (nSPS) is 10.6. The summed E-state index contributed by atoms with van der Waals surface area (Å²) in [4.78, 5) is 10.1. The minimum atomic E-state index is -0.531. The van der Waals surface area contributed by atoms with Crippen molar-refractivity contribution < 1.29 is 10.0 Å². The Balaban J connectivity index is 2.86. The average molecular weight is 220 g/mol. The molecule has 0 fully saturated rings. The van der Waals surface area contributed by atoms with Crippen LogP contribution < -0.4 is 0 Å². The number of nitrogens with zero attached hydrogens (tertiary/aromatic N) is 3. The molecule has 2 rings (SSSR count). The van der Waals surface area contributed by atoms with E-state index in [1.165, 1.54) is 22.8 Å². The quantitative estimate of drug-likeness (QED) is 0.461. The summed E-state index contributed by atoms with van der Waals surface area (Å²) in [6.45, 7) is 0. The number of hydrogen-bond donors (Lipinski definition) is 2. The summed E-state index contributed by atoms with van der Waals surface area (Å²) >= 11 is 0. The Kier molecular flexibility index (Phi) is 2.08. The van der Waals surface area contributed by atoms with Gasteiger partial charge in [-0.05, 0) is 6.07 Å². The lowest BCUT2D eigenvalue weighted by Gasteiger charge is -1.95. The molecule has 0 aliphatic carbocycles. The van der Waals surface area contributed by atoms with E-state index in [1.54, 1.807) is 7.05 Å². The van der Waals surface area contributed by atoms with E-state index in [0.717, 1.165) is 0 Å². The van der Waals surface area contributed by atoms with Crippen molar-refractivity contribution in [2.24, 2.45) is 12.2 Å². The first-order chi connectivity index (χ1) is 7.56. The van der Waals surface area contributed by atoms with Gasteiger partial charge in [0.1, 0.15) is 0 Å².